The Labute approximate surface area is 270 Å². The number of aryl methyl sites for hydroxylation is 2. The third-order valence-electron chi connectivity index (χ3n) is 7.39. The van der Waals surface area contributed by atoms with Crippen LogP contribution in [0.15, 0.2) is 65.7 Å². The molecule has 1 atom stereocenters. The van der Waals surface area contributed by atoms with Crippen molar-refractivity contribution in [1.82, 2.24) is 24.8 Å². The summed E-state index contributed by atoms with van der Waals surface area (Å²) >= 11 is 0. The monoisotopic (exact) mass is 644 g/mol. The highest BCUT2D eigenvalue weighted by Crippen LogP contribution is 2.31. The molecule has 5 rings (SSSR count). The molecule has 0 fully saturated rings. The molecule has 1 amide bonds. The van der Waals surface area contributed by atoms with Gasteiger partial charge in [0.1, 0.15) is 6.61 Å². The third kappa shape index (κ3) is 7.79. The number of sulfonamides is 1. The van der Waals surface area contributed by atoms with Crippen LogP contribution in [0.2, 0.25) is 0 Å². The van der Waals surface area contributed by atoms with Crippen molar-refractivity contribution in [2.24, 2.45) is 5.41 Å². The zero-order chi connectivity index (χ0) is 33.2. The lowest BCUT2D eigenvalue weighted by molar-refractivity contribution is 0.0508. The number of rotatable bonds is 6. The van der Waals surface area contributed by atoms with Crippen LogP contribution in [0.1, 0.15) is 68.2 Å². The quantitative estimate of drug-likeness (QED) is 0.269. The van der Waals surface area contributed by atoms with Crippen LogP contribution in [0.25, 0.3) is 11.3 Å². The van der Waals surface area contributed by atoms with Gasteiger partial charge in [-0.05, 0) is 74.9 Å². The van der Waals surface area contributed by atoms with E-state index in [-0.39, 0.29) is 58.9 Å². The van der Waals surface area contributed by atoms with E-state index in [2.05, 4.69) is 45.4 Å². The zero-order valence-corrected chi connectivity index (χ0v) is 28.1. The van der Waals surface area contributed by atoms with Gasteiger partial charge in [-0.1, -0.05) is 45.0 Å². The minimum atomic E-state index is -4.18. The lowest BCUT2D eigenvalue weighted by Crippen LogP contribution is -2.45. The van der Waals surface area contributed by atoms with Gasteiger partial charge < -0.3 is 14.4 Å². The highest BCUT2D eigenvalue weighted by atomic mass is 32.2. The molecule has 0 radical (unpaired) electrons. The van der Waals surface area contributed by atoms with E-state index in [1.54, 1.807) is 35.4 Å². The number of anilines is 1. The predicted octanol–water partition coefficient (Wildman–Crippen LogP) is 5.98. The predicted molar refractivity (Wildman–Crippen MR) is 175 cm³/mol. The fourth-order valence-corrected chi connectivity index (χ4v) is 6.44. The van der Waals surface area contributed by atoms with E-state index in [0.29, 0.717) is 17.8 Å². The van der Waals surface area contributed by atoms with Crippen molar-refractivity contribution < 1.29 is 22.7 Å². The van der Waals surface area contributed by atoms with Crippen LogP contribution in [0.5, 0.6) is 11.9 Å². The molecule has 0 saturated heterocycles. The van der Waals surface area contributed by atoms with Crippen LogP contribution in [0, 0.1) is 19.3 Å². The molecule has 0 aliphatic carbocycles. The molecule has 0 unspecified atom stereocenters. The van der Waals surface area contributed by atoms with Crippen LogP contribution >= 0.6 is 0 Å². The van der Waals surface area contributed by atoms with Crippen LogP contribution in [-0.4, -0.2) is 57.9 Å². The maximum Gasteiger partial charge on any atom is 0.316 e. The molecule has 1 aliphatic rings. The Morgan fingerprint density at radius 3 is 2.43 bits per heavy atom. The summed E-state index contributed by atoms with van der Waals surface area (Å²) in [6.07, 6.45) is 2.03. The molecule has 46 heavy (non-hydrogen) atoms. The number of amides is 1. The number of ether oxygens (including phenoxy) is 2. The highest BCUT2D eigenvalue weighted by Gasteiger charge is 2.32. The summed E-state index contributed by atoms with van der Waals surface area (Å²) in [6.45, 7) is 14.2. The molecule has 0 spiro atoms. The molecular weight excluding hydrogens is 604 g/mol. The molecule has 1 N–H and O–H groups in total. The summed E-state index contributed by atoms with van der Waals surface area (Å²) in [5.74, 6) is -0.320. The molecule has 4 aromatic rings. The van der Waals surface area contributed by atoms with Gasteiger partial charge in [0, 0.05) is 23.4 Å². The maximum atomic E-state index is 14.3. The Bertz CT molecular complexity index is 1830. The summed E-state index contributed by atoms with van der Waals surface area (Å²) in [5.41, 5.74) is 3.88. The van der Waals surface area contributed by atoms with Crippen molar-refractivity contribution in [2.45, 2.75) is 78.5 Å². The van der Waals surface area contributed by atoms with Crippen molar-refractivity contribution in [3.8, 4) is 23.1 Å². The first kappa shape index (κ1) is 32.8. The third-order valence-corrected chi connectivity index (χ3v) is 8.72. The molecule has 0 saturated carbocycles. The van der Waals surface area contributed by atoms with E-state index < -0.39 is 16.1 Å². The summed E-state index contributed by atoms with van der Waals surface area (Å²) in [4.78, 5) is 33.7. The number of carbonyl (C=O) groups is 1. The van der Waals surface area contributed by atoms with Gasteiger partial charge in [0.05, 0.1) is 35.0 Å². The van der Waals surface area contributed by atoms with Crippen molar-refractivity contribution >= 4 is 21.9 Å². The van der Waals surface area contributed by atoms with Crippen LogP contribution in [-0.2, 0) is 16.6 Å². The molecule has 242 valence electrons. The second kappa shape index (κ2) is 13.0. The van der Waals surface area contributed by atoms with Gasteiger partial charge in [-0.2, -0.15) is 9.97 Å². The van der Waals surface area contributed by atoms with Crippen molar-refractivity contribution in [1.29, 1.82) is 0 Å². The number of carbonyl (C=O) groups excluding carboxylic acids is 1. The van der Waals surface area contributed by atoms with Gasteiger partial charge in [-0.25, -0.2) is 23.1 Å². The summed E-state index contributed by atoms with van der Waals surface area (Å²) in [6, 6.07) is 15.0. The molecule has 3 heterocycles. The van der Waals surface area contributed by atoms with Gasteiger partial charge in [0.2, 0.25) is 11.8 Å². The van der Waals surface area contributed by atoms with Gasteiger partial charge in [-0.3, -0.25) is 4.79 Å². The Morgan fingerprint density at radius 1 is 1.02 bits per heavy atom. The molecule has 11 nitrogen and oxygen atoms in total. The fourth-order valence-electron chi connectivity index (χ4n) is 5.45. The molecule has 2 aromatic heterocycles. The van der Waals surface area contributed by atoms with Crippen LogP contribution < -0.4 is 14.2 Å². The SMILES string of the molecule is Cc1cccc(C)c1-c1cc2nc(n1)NS(=O)(=O)c1cccc(c1)C(=O)N(Cc1ccnc(OC(C)C)n1)[C@H](CC(C)(C)C)CO2. The van der Waals surface area contributed by atoms with Crippen molar-refractivity contribution in [2.75, 3.05) is 11.3 Å². The van der Waals surface area contributed by atoms with E-state index in [1.165, 1.54) is 12.1 Å². The van der Waals surface area contributed by atoms with Crippen molar-refractivity contribution in [3.63, 3.8) is 0 Å². The van der Waals surface area contributed by atoms with E-state index >= 15 is 0 Å². The number of hydrogen-bond donors (Lipinski definition) is 1. The average Bonchev–Trinajstić information content (AvgIpc) is 2.96. The van der Waals surface area contributed by atoms with E-state index in [9.17, 15) is 13.2 Å². The first-order chi connectivity index (χ1) is 21.7. The van der Waals surface area contributed by atoms with Crippen molar-refractivity contribution in [3.05, 3.63) is 83.2 Å². The van der Waals surface area contributed by atoms with Gasteiger partial charge in [-0.15, -0.1) is 0 Å². The van der Waals surface area contributed by atoms with Gasteiger partial charge in [0.25, 0.3) is 15.9 Å². The smallest absolute Gasteiger partial charge is 0.316 e. The molecule has 12 heteroatoms. The van der Waals surface area contributed by atoms with E-state index in [4.69, 9.17) is 9.47 Å². The standard InChI is InChI=1S/C34H40N6O5S/c1-21(2)45-33-35-15-14-25(36-33)19-40-26(18-34(5,6)7)20-44-29-17-28(30-22(3)10-8-11-23(30)4)37-32(38-29)39-46(42,43)27-13-9-12-24(16-27)31(40)41/h8-17,21,26H,18-20H2,1-7H3,(H,37,38,39)/t26-/m1/s1. The minimum absolute atomic E-state index is 0.0819. The number of nitrogens with zero attached hydrogens (tertiary/aromatic N) is 5. The Balaban J connectivity index is 1.66. The first-order valence-electron chi connectivity index (χ1n) is 15.2. The minimum Gasteiger partial charge on any atom is -0.475 e. The lowest BCUT2D eigenvalue weighted by Gasteiger charge is -2.35. The fraction of sp³-hybridized carbons (Fsp3) is 0.382. The zero-order valence-electron chi connectivity index (χ0n) is 27.2. The Kier molecular flexibility index (Phi) is 9.29. The number of nitrogens with one attached hydrogen (secondary N) is 1. The first-order valence-corrected chi connectivity index (χ1v) is 16.7. The topological polar surface area (TPSA) is 136 Å². The van der Waals surface area contributed by atoms with E-state index in [1.807, 2.05) is 45.9 Å². The van der Waals surface area contributed by atoms with Gasteiger partial charge >= 0.3 is 6.01 Å². The summed E-state index contributed by atoms with van der Waals surface area (Å²) < 4.78 is 41.8. The Morgan fingerprint density at radius 2 is 1.74 bits per heavy atom. The van der Waals surface area contributed by atoms with Gasteiger partial charge in [0.15, 0.2) is 0 Å². The number of benzene rings is 2. The second-order valence-electron chi connectivity index (χ2n) is 13.0. The normalized spacial score (nSPS) is 16.5. The molecule has 4 bridgehead atoms. The number of aromatic nitrogens is 4. The van der Waals surface area contributed by atoms with Crippen LogP contribution in [0.4, 0.5) is 5.95 Å². The molecular formula is C34H40N6O5S. The number of hydrogen-bond acceptors (Lipinski definition) is 9. The van der Waals surface area contributed by atoms with E-state index in [0.717, 1.165) is 16.7 Å². The molecule has 1 aliphatic heterocycles. The molecule has 2 aromatic carbocycles. The number of fused-ring (bicyclic) bond motifs is 4. The van der Waals surface area contributed by atoms with Crippen LogP contribution in [0.3, 0.4) is 0 Å². The Hall–Kier alpha value is -4.58. The maximum absolute atomic E-state index is 14.3. The summed E-state index contributed by atoms with van der Waals surface area (Å²) in [7, 11) is -4.18. The lowest BCUT2D eigenvalue weighted by atomic mass is 9.87. The average molecular weight is 645 g/mol. The second-order valence-corrected chi connectivity index (χ2v) is 14.7. The largest absolute Gasteiger partial charge is 0.475 e. The summed E-state index contributed by atoms with van der Waals surface area (Å²) in [5, 5.41) is 0. The highest BCUT2D eigenvalue weighted by molar-refractivity contribution is 7.92.